The zero-order valence-electron chi connectivity index (χ0n) is 17.6. The number of hydrogen-bond donors (Lipinski definition) is 2. The molecule has 2 N–H and O–H groups in total. The van der Waals surface area contributed by atoms with E-state index in [1.807, 2.05) is 0 Å². The van der Waals surface area contributed by atoms with Gasteiger partial charge in [0, 0.05) is 12.1 Å². The minimum Gasteiger partial charge on any atom is -0.497 e. The van der Waals surface area contributed by atoms with Gasteiger partial charge in [-0.15, -0.1) is 0 Å². The van der Waals surface area contributed by atoms with Crippen LogP contribution in [0, 0.1) is 0 Å². The second kappa shape index (κ2) is 10.5. The van der Waals surface area contributed by atoms with E-state index < -0.39 is 24.6 Å². The first-order valence-electron chi connectivity index (χ1n) is 9.86. The van der Waals surface area contributed by atoms with Crippen LogP contribution in [0.1, 0.15) is 26.3 Å². The van der Waals surface area contributed by atoms with Crippen molar-refractivity contribution in [1.82, 2.24) is 5.32 Å². The molecule has 0 spiro atoms. The Morgan fingerprint density at radius 3 is 2.30 bits per heavy atom. The van der Waals surface area contributed by atoms with Crippen molar-refractivity contribution in [3.05, 3.63) is 89.5 Å². The van der Waals surface area contributed by atoms with E-state index in [0.29, 0.717) is 22.6 Å². The number of para-hydroxylation sites is 1. The fourth-order valence-electron chi connectivity index (χ4n) is 2.91. The number of hydrogen-bond acceptors (Lipinski definition) is 4. The van der Waals surface area contributed by atoms with Gasteiger partial charge in [0.2, 0.25) is 0 Å². The molecule has 0 saturated carbocycles. The Morgan fingerprint density at radius 2 is 1.61 bits per heavy atom. The molecular weight excluding hydrogens is 437 g/mol. The molecule has 0 aromatic heterocycles. The van der Waals surface area contributed by atoms with Crippen molar-refractivity contribution in [3.8, 4) is 11.5 Å². The third-order valence-electron chi connectivity index (χ3n) is 4.53. The van der Waals surface area contributed by atoms with E-state index in [4.69, 9.17) is 9.47 Å². The summed E-state index contributed by atoms with van der Waals surface area (Å²) in [5.74, 6) is -0.194. The number of methoxy groups -OCH3 is 1. The largest absolute Gasteiger partial charge is 0.497 e. The third-order valence-corrected chi connectivity index (χ3v) is 4.53. The summed E-state index contributed by atoms with van der Waals surface area (Å²) in [7, 11) is 1.52. The summed E-state index contributed by atoms with van der Waals surface area (Å²) in [4.78, 5) is 25.3. The van der Waals surface area contributed by atoms with Crippen LogP contribution in [-0.2, 0) is 6.54 Å². The molecule has 0 heterocycles. The van der Waals surface area contributed by atoms with Gasteiger partial charge in [-0.3, -0.25) is 9.59 Å². The summed E-state index contributed by atoms with van der Waals surface area (Å²) in [6.45, 7) is -1.34. The van der Waals surface area contributed by atoms with Gasteiger partial charge in [-0.2, -0.15) is 13.2 Å². The van der Waals surface area contributed by atoms with E-state index in [9.17, 15) is 22.8 Å². The van der Waals surface area contributed by atoms with Gasteiger partial charge < -0.3 is 20.1 Å². The van der Waals surface area contributed by atoms with Gasteiger partial charge in [0.15, 0.2) is 6.61 Å². The SMILES string of the molecule is COc1ccc(C(=O)Nc2ccccc2C(=O)NCc2cccc(OCC(F)(F)F)c2)cc1. The van der Waals surface area contributed by atoms with Crippen LogP contribution in [0.4, 0.5) is 18.9 Å². The van der Waals surface area contributed by atoms with E-state index in [0.717, 1.165) is 0 Å². The van der Waals surface area contributed by atoms with E-state index in [1.165, 1.54) is 25.3 Å². The second-order valence-corrected chi connectivity index (χ2v) is 6.96. The molecule has 0 fully saturated rings. The number of nitrogens with one attached hydrogen (secondary N) is 2. The summed E-state index contributed by atoms with van der Waals surface area (Å²) in [5.41, 5.74) is 1.51. The molecule has 0 bridgehead atoms. The molecule has 33 heavy (non-hydrogen) atoms. The predicted octanol–water partition coefficient (Wildman–Crippen LogP) is 4.82. The lowest BCUT2D eigenvalue weighted by atomic mass is 10.1. The number of alkyl halides is 3. The van der Waals surface area contributed by atoms with E-state index in [-0.39, 0.29) is 17.9 Å². The molecule has 0 saturated heterocycles. The van der Waals surface area contributed by atoms with Gasteiger partial charge in [0.1, 0.15) is 11.5 Å². The molecule has 0 radical (unpaired) electrons. The maximum absolute atomic E-state index is 12.7. The van der Waals surface area contributed by atoms with Gasteiger partial charge in [0.05, 0.1) is 18.4 Å². The van der Waals surface area contributed by atoms with Crippen LogP contribution in [0.3, 0.4) is 0 Å². The number of halogens is 3. The summed E-state index contributed by atoms with van der Waals surface area (Å²) in [5, 5.41) is 5.41. The van der Waals surface area contributed by atoms with Crippen molar-refractivity contribution in [2.24, 2.45) is 0 Å². The van der Waals surface area contributed by atoms with Crippen LogP contribution >= 0.6 is 0 Å². The maximum Gasteiger partial charge on any atom is 0.422 e. The second-order valence-electron chi connectivity index (χ2n) is 6.96. The summed E-state index contributed by atoms with van der Waals surface area (Å²) < 4.78 is 46.8. The first-order chi connectivity index (χ1) is 15.7. The van der Waals surface area contributed by atoms with E-state index in [2.05, 4.69) is 10.6 Å². The highest BCUT2D eigenvalue weighted by atomic mass is 19.4. The molecule has 0 unspecified atom stereocenters. The Bertz CT molecular complexity index is 1120. The summed E-state index contributed by atoms with van der Waals surface area (Å²) >= 11 is 0. The minimum atomic E-state index is -4.44. The highest BCUT2D eigenvalue weighted by molar-refractivity contribution is 6.09. The molecule has 0 aliphatic rings. The molecule has 2 amide bonds. The van der Waals surface area contributed by atoms with Crippen molar-refractivity contribution < 1.29 is 32.2 Å². The van der Waals surface area contributed by atoms with E-state index >= 15 is 0 Å². The zero-order valence-corrected chi connectivity index (χ0v) is 17.6. The number of rotatable bonds is 8. The summed E-state index contributed by atoms with van der Waals surface area (Å²) in [6.07, 6.45) is -4.44. The average molecular weight is 458 g/mol. The van der Waals surface area contributed by atoms with Gasteiger partial charge in [0.25, 0.3) is 11.8 Å². The first kappa shape index (κ1) is 23.6. The average Bonchev–Trinajstić information content (AvgIpc) is 2.81. The molecule has 3 rings (SSSR count). The topological polar surface area (TPSA) is 76.7 Å². The van der Waals surface area contributed by atoms with Crippen molar-refractivity contribution in [1.29, 1.82) is 0 Å². The maximum atomic E-state index is 12.7. The van der Waals surface area contributed by atoms with Crippen LogP contribution in [-0.4, -0.2) is 31.7 Å². The molecule has 0 atom stereocenters. The fraction of sp³-hybridized carbons (Fsp3) is 0.167. The smallest absolute Gasteiger partial charge is 0.422 e. The van der Waals surface area contributed by atoms with Crippen LogP contribution in [0.5, 0.6) is 11.5 Å². The van der Waals surface area contributed by atoms with Crippen LogP contribution in [0.15, 0.2) is 72.8 Å². The monoisotopic (exact) mass is 458 g/mol. The zero-order chi connectivity index (χ0) is 23.8. The normalized spacial score (nSPS) is 10.9. The lowest BCUT2D eigenvalue weighted by molar-refractivity contribution is -0.153. The number of amides is 2. The number of anilines is 1. The molecule has 0 aliphatic carbocycles. The Kier molecular flexibility index (Phi) is 7.55. The lowest BCUT2D eigenvalue weighted by Crippen LogP contribution is -2.25. The number of benzene rings is 3. The van der Waals surface area contributed by atoms with Gasteiger partial charge >= 0.3 is 6.18 Å². The molecular formula is C24H21F3N2O4. The Labute approximate surface area is 188 Å². The van der Waals surface area contributed by atoms with Crippen molar-refractivity contribution in [3.63, 3.8) is 0 Å². The Morgan fingerprint density at radius 1 is 0.879 bits per heavy atom. The fourth-order valence-corrected chi connectivity index (χ4v) is 2.91. The van der Waals surface area contributed by atoms with Crippen molar-refractivity contribution >= 4 is 17.5 Å². The highest BCUT2D eigenvalue weighted by Crippen LogP contribution is 2.20. The first-order valence-corrected chi connectivity index (χ1v) is 9.86. The molecule has 172 valence electrons. The molecule has 6 nitrogen and oxygen atoms in total. The van der Waals surface area contributed by atoms with Crippen LogP contribution < -0.4 is 20.1 Å². The van der Waals surface area contributed by atoms with Crippen molar-refractivity contribution in [2.45, 2.75) is 12.7 Å². The van der Waals surface area contributed by atoms with Crippen LogP contribution in [0.2, 0.25) is 0 Å². The predicted molar refractivity (Wildman–Crippen MR) is 117 cm³/mol. The molecule has 9 heteroatoms. The third kappa shape index (κ3) is 6.99. The van der Waals surface area contributed by atoms with E-state index in [1.54, 1.807) is 54.6 Å². The Hall–Kier alpha value is -4.01. The molecule has 0 aliphatic heterocycles. The summed E-state index contributed by atoms with van der Waals surface area (Å²) in [6, 6.07) is 19.0. The standard InChI is InChI=1S/C24H21F3N2O4/c1-32-18-11-9-17(10-12-18)22(30)29-21-8-3-2-7-20(21)23(31)28-14-16-5-4-6-19(13-16)33-15-24(25,26)27/h2-13H,14-15H2,1H3,(H,28,31)(H,29,30). The van der Waals surface area contributed by atoms with Gasteiger partial charge in [-0.25, -0.2) is 0 Å². The number of carbonyl (C=O) groups excluding carboxylic acids is 2. The van der Waals surface area contributed by atoms with Gasteiger partial charge in [-0.05, 0) is 54.1 Å². The van der Waals surface area contributed by atoms with Gasteiger partial charge in [-0.1, -0.05) is 24.3 Å². The number of ether oxygens (including phenoxy) is 2. The minimum absolute atomic E-state index is 0.0474. The molecule has 3 aromatic rings. The lowest BCUT2D eigenvalue weighted by Gasteiger charge is -2.13. The quantitative estimate of drug-likeness (QED) is 0.508. The van der Waals surface area contributed by atoms with Crippen LogP contribution in [0.25, 0.3) is 0 Å². The number of carbonyl (C=O) groups is 2. The highest BCUT2D eigenvalue weighted by Gasteiger charge is 2.28. The molecule has 3 aromatic carbocycles. The Balaban J connectivity index is 1.64. The van der Waals surface area contributed by atoms with Crippen molar-refractivity contribution in [2.75, 3.05) is 19.0 Å².